The van der Waals surface area contributed by atoms with Crippen molar-refractivity contribution in [1.82, 2.24) is 9.88 Å². The molecule has 0 atom stereocenters. The van der Waals surface area contributed by atoms with E-state index in [1.54, 1.807) is 30.3 Å². The molecule has 0 saturated carbocycles. The van der Waals surface area contributed by atoms with Crippen LogP contribution >= 0.6 is 0 Å². The number of pyridine rings is 1. The Bertz CT molecular complexity index is 1150. The van der Waals surface area contributed by atoms with Crippen molar-refractivity contribution in [2.24, 2.45) is 0 Å². The summed E-state index contributed by atoms with van der Waals surface area (Å²) < 4.78 is 38.7. The van der Waals surface area contributed by atoms with Crippen LogP contribution in [-0.2, 0) is 12.7 Å². The van der Waals surface area contributed by atoms with Crippen LogP contribution in [-0.4, -0.2) is 21.7 Å². The Kier molecular flexibility index (Phi) is 6.48. The first-order valence-corrected chi connectivity index (χ1v) is 10.3. The molecule has 7 heteroatoms. The van der Waals surface area contributed by atoms with Crippen LogP contribution in [0.2, 0.25) is 0 Å². The van der Waals surface area contributed by atoms with Gasteiger partial charge < -0.3 is 0 Å². The average molecular weight is 440 g/mol. The molecule has 3 aromatic rings. The predicted molar refractivity (Wildman–Crippen MR) is 116 cm³/mol. The maximum atomic E-state index is 12.9. The second-order valence-electron chi connectivity index (χ2n) is 7.28. The number of carbonyl (C=O) groups excluding carboxylic acids is 2. The van der Waals surface area contributed by atoms with E-state index >= 15 is 0 Å². The van der Waals surface area contributed by atoms with Crippen LogP contribution < -0.4 is 0 Å². The summed E-state index contributed by atoms with van der Waals surface area (Å²) in [4.78, 5) is 30.1. The molecule has 1 aliphatic rings. The standard InChI is InChI=1S/C23H17F3N2O2.C2H6/c1-13-9-15(12-28-21(29)18-5-3-4-6-19(18)22(28)30)11-16(10-13)17-7-8-20(23(24,25)26)27-14(17)2;1-2/h3-11H,12H2,1-2H3;1-2H3. The molecule has 1 aliphatic heterocycles. The second kappa shape index (κ2) is 8.94. The van der Waals surface area contributed by atoms with E-state index in [0.29, 0.717) is 27.8 Å². The highest BCUT2D eigenvalue weighted by Crippen LogP contribution is 2.32. The summed E-state index contributed by atoms with van der Waals surface area (Å²) in [7, 11) is 0. The first kappa shape index (κ1) is 23.2. The Labute approximate surface area is 184 Å². The van der Waals surface area contributed by atoms with Crippen molar-refractivity contribution in [2.75, 3.05) is 0 Å². The third kappa shape index (κ3) is 4.42. The van der Waals surface area contributed by atoms with Crippen molar-refractivity contribution < 1.29 is 22.8 Å². The maximum absolute atomic E-state index is 12.9. The first-order valence-electron chi connectivity index (χ1n) is 10.3. The fraction of sp³-hybridized carbons (Fsp3) is 0.240. The third-order valence-electron chi connectivity index (χ3n) is 5.04. The molecule has 2 amide bonds. The van der Waals surface area contributed by atoms with Gasteiger partial charge in [0.05, 0.1) is 17.7 Å². The van der Waals surface area contributed by atoms with Crippen LogP contribution in [0.25, 0.3) is 11.1 Å². The first-order chi connectivity index (χ1) is 15.1. The van der Waals surface area contributed by atoms with Gasteiger partial charge in [-0.25, -0.2) is 4.98 Å². The Balaban J connectivity index is 0.00000141. The lowest BCUT2D eigenvalue weighted by Gasteiger charge is -2.16. The van der Waals surface area contributed by atoms with Gasteiger partial charge in [-0.05, 0) is 49.2 Å². The molecule has 0 spiro atoms. The Hall–Kier alpha value is -3.48. The minimum absolute atomic E-state index is 0.0775. The topological polar surface area (TPSA) is 50.3 Å². The molecule has 0 saturated heterocycles. The molecule has 0 unspecified atom stereocenters. The van der Waals surface area contributed by atoms with Crippen molar-refractivity contribution in [3.05, 3.63) is 88.2 Å². The van der Waals surface area contributed by atoms with Crippen molar-refractivity contribution >= 4 is 11.8 Å². The van der Waals surface area contributed by atoms with Gasteiger partial charge in [0.2, 0.25) is 0 Å². The summed E-state index contributed by atoms with van der Waals surface area (Å²) in [6.45, 7) is 7.45. The molecule has 0 radical (unpaired) electrons. The number of rotatable bonds is 3. The molecule has 4 rings (SSSR count). The Morgan fingerprint density at radius 1 is 0.844 bits per heavy atom. The van der Waals surface area contributed by atoms with E-state index in [4.69, 9.17) is 0 Å². The van der Waals surface area contributed by atoms with Gasteiger partial charge in [-0.1, -0.05) is 49.7 Å². The van der Waals surface area contributed by atoms with Crippen LogP contribution in [0.1, 0.15) is 57.1 Å². The largest absolute Gasteiger partial charge is 0.433 e. The number of aryl methyl sites for hydroxylation is 2. The SMILES string of the molecule is CC.Cc1cc(CN2C(=O)c3ccccc3C2=O)cc(-c2ccc(C(F)(F)F)nc2C)c1. The molecule has 0 aliphatic carbocycles. The molecule has 32 heavy (non-hydrogen) atoms. The van der Waals surface area contributed by atoms with E-state index in [0.717, 1.165) is 11.6 Å². The number of hydrogen-bond donors (Lipinski definition) is 0. The van der Waals surface area contributed by atoms with E-state index in [9.17, 15) is 22.8 Å². The normalized spacial score (nSPS) is 13.0. The number of alkyl halides is 3. The summed E-state index contributed by atoms with van der Waals surface area (Å²) >= 11 is 0. The summed E-state index contributed by atoms with van der Waals surface area (Å²) in [5.41, 5.74) is 2.87. The van der Waals surface area contributed by atoms with Crippen molar-refractivity contribution in [2.45, 2.75) is 40.4 Å². The van der Waals surface area contributed by atoms with Gasteiger partial charge in [-0.15, -0.1) is 0 Å². The Morgan fingerprint density at radius 3 is 1.97 bits per heavy atom. The minimum Gasteiger partial charge on any atom is -0.270 e. The lowest BCUT2D eigenvalue weighted by atomic mass is 9.98. The number of carbonyl (C=O) groups is 2. The van der Waals surface area contributed by atoms with Gasteiger partial charge in [0.1, 0.15) is 5.69 Å². The summed E-state index contributed by atoms with van der Waals surface area (Å²) in [5, 5.41) is 0. The zero-order valence-electron chi connectivity index (χ0n) is 18.2. The van der Waals surface area contributed by atoms with Crippen LogP contribution in [0, 0.1) is 13.8 Å². The van der Waals surface area contributed by atoms with Gasteiger partial charge in [0.25, 0.3) is 11.8 Å². The molecule has 2 heterocycles. The molecule has 1 aromatic heterocycles. The quantitative estimate of drug-likeness (QED) is 0.455. The van der Waals surface area contributed by atoms with Crippen molar-refractivity contribution in [3.8, 4) is 11.1 Å². The highest BCUT2D eigenvalue weighted by Gasteiger charge is 2.35. The summed E-state index contributed by atoms with van der Waals surface area (Å²) in [5.74, 6) is -0.711. The van der Waals surface area contributed by atoms with Gasteiger partial charge in [-0.2, -0.15) is 13.2 Å². The number of nitrogens with zero attached hydrogens (tertiary/aromatic N) is 2. The zero-order chi connectivity index (χ0) is 23.6. The van der Waals surface area contributed by atoms with E-state index in [1.165, 1.54) is 17.9 Å². The van der Waals surface area contributed by atoms with E-state index in [1.807, 2.05) is 32.9 Å². The fourth-order valence-corrected chi connectivity index (χ4v) is 3.70. The van der Waals surface area contributed by atoms with Gasteiger partial charge in [-0.3, -0.25) is 14.5 Å². The molecule has 166 valence electrons. The van der Waals surface area contributed by atoms with Crippen LogP contribution in [0.15, 0.2) is 54.6 Å². The smallest absolute Gasteiger partial charge is 0.270 e. The zero-order valence-corrected chi connectivity index (χ0v) is 18.2. The van der Waals surface area contributed by atoms with Crippen LogP contribution in [0.5, 0.6) is 0 Å². The number of amides is 2. The fourth-order valence-electron chi connectivity index (χ4n) is 3.70. The maximum Gasteiger partial charge on any atom is 0.433 e. The number of hydrogen-bond acceptors (Lipinski definition) is 3. The number of benzene rings is 2. The van der Waals surface area contributed by atoms with E-state index < -0.39 is 11.9 Å². The van der Waals surface area contributed by atoms with Gasteiger partial charge in [0, 0.05) is 11.3 Å². The third-order valence-corrected chi connectivity index (χ3v) is 5.04. The minimum atomic E-state index is -4.51. The van der Waals surface area contributed by atoms with Gasteiger partial charge in [0.15, 0.2) is 0 Å². The molecular weight excluding hydrogens is 417 g/mol. The summed E-state index contributed by atoms with van der Waals surface area (Å²) in [6.07, 6.45) is -4.51. The van der Waals surface area contributed by atoms with Crippen molar-refractivity contribution in [3.63, 3.8) is 0 Å². The van der Waals surface area contributed by atoms with Crippen LogP contribution in [0.3, 0.4) is 0 Å². The highest BCUT2D eigenvalue weighted by atomic mass is 19.4. The second-order valence-corrected chi connectivity index (χ2v) is 7.28. The van der Waals surface area contributed by atoms with Gasteiger partial charge >= 0.3 is 6.18 Å². The molecule has 0 N–H and O–H groups in total. The highest BCUT2D eigenvalue weighted by molar-refractivity contribution is 6.21. The number of halogens is 3. The number of imide groups is 1. The Morgan fingerprint density at radius 2 is 1.44 bits per heavy atom. The molecule has 4 nitrogen and oxygen atoms in total. The predicted octanol–water partition coefficient (Wildman–Crippen LogP) is 6.21. The molecule has 2 aromatic carbocycles. The lowest BCUT2D eigenvalue weighted by molar-refractivity contribution is -0.141. The average Bonchev–Trinajstić information content (AvgIpc) is 2.99. The number of aromatic nitrogens is 1. The van der Waals surface area contributed by atoms with Crippen LogP contribution in [0.4, 0.5) is 13.2 Å². The molecular formula is C25H23F3N2O2. The lowest BCUT2D eigenvalue weighted by Crippen LogP contribution is -2.29. The molecule has 0 fully saturated rings. The van der Waals surface area contributed by atoms with Crippen molar-refractivity contribution in [1.29, 1.82) is 0 Å². The summed E-state index contributed by atoms with van der Waals surface area (Å²) in [6, 6.07) is 14.5. The van der Waals surface area contributed by atoms with E-state index in [2.05, 4.69) is 4.98 Å². The van der Waals surface area contributed by atoms with E-state index in [-0.39, 0.29) is 24.1 Å². The molecule has 0 bridgehead atoms. The number of fused-ring (bicyclic) bond motifs is 1. The monoisotopic (exact) mass is 440 g/mol.